The predicted molar refractivity (Wildman–Crippen MR) is 50.8 cm³/mol. The van der Waals surface area contributed by atoms with Gasteiger partial charge in [0.1, 0.15) is 0 Å². The van der Waals surface area contributed by atoms with Crippen LogP contribution in [0.2, 0.25) is 0 Å². The molecule has 0 bridgehead atoms. The summed E-state index contributed by atoms with van der Waals surface area (Å²) < 4.78 is 0. The van der Waals surface area contributed by atoms with Crippen LogP contribution in [0, 0.1) is 6.92 Å². The van der Waals surface area contributed by atoms with Crippen LogP contribution < -0.4 is 0 Å². The average molecular weight is 171 g/mol. The van der Waals surface area contributed by atoms with E-state index in [1.165, 1.54) is 0 Å². The zero-order chi connectivity index (χ0) is 9.40. The topological polar surface area (TPSA) is 23.6 Å². The zero-order valence-electron chi connectivity index (χ0n) is 8.12. The van der Waals surface area contributed by atoms with Crippen LogP contribution in [0.4, 0.5) is 0 Å². The second kappa shape index (κ2) is 7.10. The van der Waals surface area contributed by atoms with E-state index in [2.05, 4.69) is 18.7 Å². The summed E-state index contributed by atoms with van der Waals surface area (Å²) in [5.41, 5.74) is 0. The van der Waals surface area contributed by atoms with Gasteiger partial charge in [0.05, 0.1) is 0 Å². The fourth-order valence-corrected chi connectivity index (χ4v) is 0.983. The second-order valence-electron chi connectivity index (χ2n) is 2.67. The van der Waals surface area contributed by atoms with Crippen LogP contribution in [0.3, 0.4) is 0 Å². The molecule has 0 aliphatic heterocycles. The van der Waals surface area contributed by atoms with Gasteiger partial charge >= 0.3 is 0 Å². The normalized spacial score (nSPS) is 10.3. The molecule has 0 heterocycles. The summed E-state index contributed by atoms with van der Waals surface area (Å²) in [7, 11) is 0. The summed E-state index contributed by atoms with van der Waals surface area (Å²) in [5, 5.41) is 0. The van der Waals surface area contributed by atoms with Crippen molar-refractivity contribution < 1.29 is 4.79 Å². The molecule has 3 heteroatoms. The predicted octanol–water partition coefficient (Wildman–Crippen LogP) is 0.621. The lowest BCUT2D eigenvalue weighted by Gasteiger charge is -2.21. The fraction of sp³-hybridized carbons (Fsp3) is 0.778. The van der Waals surface area contributed by atoms with Crippen molar-refractivity contribution in [2.45, 2.75) is 13.8 Å². The molecule has 0 N–H and O–H groups in total. The van der Waals surface area contributed by atoms with E-state index >= 15 is 0 Å². The summed E-state index contributed by atoms with van der Waals surface area (Å²) >= 11 is 0. The minimum Gasteiger partial charge on any atom is -0.344 e. The maximum Gasteiger partial charge on any atom is 0.209 e. The Hall–Kier alpha value is -0.570. The summed E-state index contributed by atoms with van der Waals surface area (Å²) in [4.78, 5) is 14.4. The van der Waals surface area contributed by atoms with E-state index in [-0.39, 0.29) is 0 Å². The van der Waals surface area contributed by atoms with Gasteiger partial charge in [0.15, 0.2) is 0 Å². The van der Waals surface area contributed by atoms with Gasteiger partial charge in [-0.1, -0.05) is 6.92 Å². The summed E-state index contributed by atoms with van der Waals surface area (Å²) in [6.45, 7) is 12.2. The molecule has 0 saturated carbocycles. The standard InChI is InChI=1S/C9H19N2O/c1-4-10(5-2)7-8-11(6-3)9-12/h9H,1,4-8H2,2-3H3. The van der Waals surface area contributed by atoms with Gasteiger partial charge in [-0.2, -0.15) is 0 Å². The zero-order valence-corrected chi connectivity index (χ0v) is 8.12. The molecular formula is C9H19N2O. The number of hydrogen-bond acceptors (Lipinski definition) is 2. The Balaban J connectivity index is 3.55. The quantitative estimate of drug-likeness (QED) is 0.524. The summed E-state index contributed by atoms with van der Waals surface area (Å²) in [5.74, 6) is 0. The first-order chi connectivity index (χ1) is 5.78. The van der Waals surface area contributed by atoms with Crippen LogP contribution in [0.15, 0.2) is 0 Å². The van der Waals surface area contributed by atoms with E-state index in [0.717, 1.165) is 39.1 Å². The first-order valence-corrected chi connectivity index (χ1v) is 4.49. The lowest BCUT2D eigenvalue weighted by Crippen LogP contribution is -2.34. The summed E-state index contributed by atoms with van der Waals surface area (Å²) in [6, 6.07) is 0. The molecular weight excluding hydrogens is 152 g/mol. The third kappa shape index (κ3) is 4.34. The molecule has 0 aliphatic rings. The van der Waals surface area contributed by atoms with Crippen molar-refractivity contribution >= 4 is 6.41 Å². The number of carbonyl (C=O) groups excluding carboxylic acids is 1. The van der Waals surface area contributed by atoms with Crippen molar-refractivity contribution in [3.05, 3.63) is 6.92 Å². The highest BCUT2D eigenvalue weighted by Gasteiger charge is 2.01. The smallest absolute Gasteiger partial charge is 0.209 e. The van der Waals surface area contributed by atoms with E-state index < -0.39 is 0 Å². The molecule has 0 atom stereocenters. The van der Waals surface area contributed by atoms with Crippen LogP contribution >= 0.6 is 0 Å². The van der Waals surface area contributed by atoms with Crippen molar-refractivity contribution in [1.29, 1.82) is 0 Å². The molecule has 0 spiro atoms. The molecule has 12 heavy (non-hydrogen) atoms. The van der Waals surface area contributed by atoms with Gasteiger partial charge in [-0.3, -0.25) is 4.79 Å². The molecule has 0 rings (SSSR count). The van der Waals surface area contributed by atoms with E-state index in [0.29, 0.717) is 0 Å². The van der Waals surface area contributed by atoms with E-state index in [4.69, 9.17) is 0 Å². The van der Waals surface area contributed by atoms with Gasteiger partial charge in [0.25, 0.3) is 0 Å². The third-order valence-electron chi connectivity index (χ3n) is 2.02. The minimum absolute atomic E-state index is 0.790. The van der Waals surface area contributed by atoms with Gasteiger partial charge in [-0.25, -0.2) is 0 Å². The molecule has 0 saturated heterocycles. The van der Waals surface area contributed by atoms with Crippen molar-refractivity contribution in [2.75, 3.05) is 32.7 Å². The molecule has 1 radical (unpaired) electrons. The Labute approximate surface area is 75.3 Å². The second-order valence-corrected chi connectivity index (χ2v) is 2.67. The minimum atomic E-state index is 0.790. The Morgan fingerprint density at radius 2 is 1.92 bits per heavy atom. The fourth-order valence-electron chi connectivity index (χ4n) is 0.983. The summed E-state index contributed by atoms with van der Waals surface area (Å²) in [6.07, 6.45) is 0.900. The first kappa shape index (κ1) is 11.4. The number of hydrogen-bond donors (Lipinski definition) is 0. The Morgan fingerprint density at radius 3 is 2.25 bits per heavy atom. The molecule has 0 aromatic rings. The van der Waals surface area contributed by atoms with Crippen molar-refractivity contribution in [3.63, 3.8) is 0 Å². The molecule has 3 nitrogen and oxygen atoms in total. The number of rotatable bonds is 7. The maximum absolute atomic E-state index is 10.4. The van der Waals surface area contributed by atoms with Crippen LogP contribution in [0.5, 0.6) is 0 Å². The molecule has 0 aromatic carbocycles. The molecule has 0 fully saturated rings. The lowest BCUT2D eigenvalue weighted by atomic mass is 10.4. The monoisotopic (exact) mass is 171 g/mol. The van der Waals surface area contributed by atoms with Crippen LogP contribution in [0.1, 0.15) is 13.8 Å². The van der Waals surface area contributed by atoms with E-state index in [1.807, 2.05) is 6.92 Å². The third-order valence-corrected chi connectivity index (χ3v) is 2.02. The Morgan fingerprint density at radius 1 is 1.25 bits per heavy atom. The Kier molecular flexibility index (Phi) is 6.76. The van der Waals surface area contributed by atoms with Gasteiger partial charge < -0.3 is 9.80 Å². The Bertz CT molecular complexity index is 113. The van der Waals surface area contributed by atoms with Crippen molar-refractivity contribution in [3.8, 4) is 0 Å². The largest absolute Gasteiger partial charge is 0.344 e. The molecule has 0 aromatic heterocycles. The highest BCUT2D eigenvalue weighted by atomic mass is 16.1. The van der Waals surface area contributed by atoms with Crippen LogP contribution in [-0.2, 0) is 4.79 Å². The van der Waals surface area contributed by atoms with E-state index in [1.54, 1.807) is 4.90 Å². The molecule has 0 unspecified atom stereocenters. The van der Waals surface area contributed by atoms with Gasteiger partial charge in [0.2, 0.25) is 6.41 Å². The number of carbonyl (C=O) groups is 1. The number of likely N-dealkylation sites (N-methyl/N-ethyl adjacent to an activating group) is 2. The molecule has 0 aliphatic carbocycles. The van der Waals surface area contributed by atoms with Crippen LogP contribution in [0.25, 0.3) is 0 Å². The van der Waals surface area contributed by atoms with Crippen LogP contribution in [-0.4, -0.2) is 48.9 Å². The van der Waals surface area contributed by atoms with Crippen molar-refractivity contribution in [1.82, 2.24) is 9.80 Å². The average Bonchev–Trinajstić information content (AvgIpc) is 2.13. The highest BCUT2D eigenvalue weighted by molar-refractivity contribution is 5.46. The number of amides is 1. The first-order valence-electron chi connectivity index (χ1n) is 4.49. The lowest BCUT2D eigenvalue weighted by molar-refractivity contribution is -0.118. The van der Waals surface area contributed by atoms with Gasteiger partial charge in [0, 0.05) is 19.6 Å². The van der Waals surface area contributed by atoms with Crippen molar-refractivity contribution in [2.24, 2.45) is 0 Å². The molecule has 1 amide bonds. The van der Waals surface area contributed by atoms with Gasteiger partial charge in [-0.05, 0) is 26.9 Å². The number of nitrogens with zero attached hydrogens (tertiary/aromatic N) is 2. The van der Waals surface area contributed by atoms with Gasteiger partial charge in [-0.15, -0.1) is 0 Å². The SMILES string of the molecule is [CH2]CN(CC)CCN(C=O)CC. The maximum atomic E-state index is 10.4. The van der Waals surface area contributed by atoms with E-state index in [9.17, 15) is 4.79 Å². The molecule has 71 valence electrons. The highest BCUT2D eigenvalue weighted by Crippen LogP contribution is 1.88.